The van der Waals surface area contributed by atoms with Gasteiger partial charge in [-0.1, -0.05) is 18.2 Å². The van der Waals surface area contributed by atoms with Crippen molar-refractivity contribution in [2.24, 2.45) is 4.99 Å². The number of anilines is 1. The van der Waals surface area contributed by atoms with E-state index >= 15 is 0 Å². The Hall–Kier alpha value is -2.47. The van der Waals surface area contributed by atoms with Crippen molar-refractivity contribution >= 4 is 11.6 Å². The van der Waals surface area contributed by atoms with E-state index in [1.807, 2.05) is 19.1 Å². The van der Waals surface area contributed by atoms with Gasteiger partial charge in [-0.2, -0.15) is 0 Å². The summed E-state index contributed by atoms with van der Waals surface area (Å²) in [6.45, 7) is 7.23. The molecule has 1 aromatic heterocycles. The van der Waals surface area contributed by atoms with E-state index in [0.29, 0.717) is 6.04 Å². The summed E-state index contributed by atoms with van der Waals surface area (Å²) in [4.78, 5) is 7.22. The summed E-state index contributed by atoms with van der Waals surface area (Å²) in [6.07, 6.45) is 5.71. The number of para-hydroxylation sites is 1. The molecule has 0 aliphatic carbocycles. The van der Waals surface area contributed by atoms with Gasteiger partial charge in [0.25, 0.3) is 0 Å². The van der Waals surface area contributed by atoms with Gasteiger partial charge in [-0.3, -0.25) is 4.99 Å². The van der Waals surface area contributed by atoms with Gasteiger partial charge in [0.05, 0.1) is 6.26 Å². The largest absolute Gasteiger partial charge is 0.469 e. The normalized spacial score (nSPS) is 15.5. The van der Waals surface area contributed by atoms with Gasteiger partial charge in [0.15, 0.2) is 5.96 Å². The van der Waals surface area contributed by atoms with Crippen molar-refractivity contribution in [3.63, 3.8) is 0 Å². The first-order valence-corrected chi connectivity index (χ1v) is 10.8. The third kappa shape index (κ3) is 7.46. The zero-order chi connectivity index (χ0) is 20.2. The molecule has 1 aliphatic rings. The Morgan fingerprint density at radius 3 is 2.72 bits per heavy atom. The molecule has 1 fully saturated rings. The van der Waals surface area contributed by atoms with Gasteiger partial charge in [-0.15, -0.1) is 0 Å². The molecule has 158 valence electrons. The fourth-order valence-corrected chi connectivity index (χ4v) is 3.53. The maximum atomic E-state index is 5.42. The number of furan rings is 1. The molecule has 2 heterocycles. The highest BCUT2D eigenvalue weighted by molar-refractivity contribution is 5.80. The van der Waals surface area contributed by atoms with E-state index in [2.05, 4.69) is 45.9 Å². The van der Waals surface area contributed by atoms with Crippen LogP contribution < -0.4 is 15.5 Å². The Labute approximate surface area is 174 Å². The average Bonchev–Trinajstić information content (AvgIpc) is 3.28. The summed E-state index contributed by atoms with van der Waals surface area (Å²) < 4.78 is 10.8. The molecule has 1 saturated heterocycles. The molecule has 0 unspecified atom stereocenters. The van der Waals surface area contributed by atoms with Gasteiger partial charge in [0, 0.05) is 57.5 Å². The van der Waals surface area contributed by atoms with E-state index in [-0.39, 0.29) is 0 Å². The molecular formula is C23H34N4O2. The van der Waals surface area contributed by atoms with Crippen LogP contribution in [-0.4, -0.2) is 51.4 Å². The highest BCUT2D eigenvalue weighted by atomic mass is 16.5. The summed E-state index contributed by atoms with van der Waals surface area (Å²) >= 11 is 0. The van der Waals surface area contributed by atoms with Crippen LogP contribution in [0.2, 0.25) is 0 Å². The lowest BCUT2D eigenvalue weighted by atomic mass is 10.0. The quantitative estimate of drug-likeness (QED) is 0.365. The van der Waals surface area contributed by atoms with Crippen molar-refractivity contribution in [1.82, 2.24) is 10.6 Å². The van der Waals surface area contributed by atoms with Gasteiger partial charge in [0.2, 0.25) is 0 Å². The van der Waals surface area contributed by atoms with Gasteiger partial charge >= 0.3 is 0 Å². The smallest absolute Gasteiger partial charge is 0.191 e. The van der Waals surface area contributed by atoms with E-state index in [1.54, 1.807) is 6.26 Å². The first-order chi connectivity index (χ1) is 14.3. The fourth-order valence-electron chi connectivity index (χ4n) is 3.53. The van der Waals surface area contributed by atoms with E-state index in [4.69, 9.17) is 14.1 Å². The molecule has 0 saturated carbocycles. The van der Waals surface area contributed by atoms with Crippen molar-refractivity contribution in [3.8, 4) is 0 Å². The van der Waals surface area contributed by atoms with E-state index in [1.165, 1.54) is 5.69 Å². The van der Waals surface area contributed by atoms with E-state index < -0.39 is 0 Å². The van der Waals surface area contributed by atoms with Crippen LogP contribution in [0.1, 0.15) is 31.9 Å². The maximum absolute atomic E-state index is 5.42. The lowest BCUT2D eigenvalue weighted by Crippen LogP contribution is -2.49. The van der Waals surface area contributed by atoms with Crippen LogP contribution in [0.15, 0.2) is 58.1 Å². The number of aliphatic imine (C=N–C) groups is 1. The minimum Gasteiger partial charge on any atom is -0.469 e. The summed E-state index contributed by atoms with van der Waals surface area (Å²) in [5.74, 6) is 1.88. The number of hydrogen-bond acceptors (Lipinski definition) is 4. The van der Waals surface area contributed by atoms with E-state index in [0.717, 1.165) is 76.8 Å². The Bertz CT molecular complexity index is 695. The molecule has 6 nitrogen and oxygen atoms in total. The number of rotatable bonds is 10. The molecule has 6 heteroatoms. The summed E-state index contributed by atoms with van der Waals surface area (Å²) in [5.41, 5.74) is 1.31. The van der Waals surface area contributed by atoms with Gasteiger partial charge in [-0.05, 0) is 50.5 Å². The van der Waals surface area contributed by atoms with Gasteiger partial charge in [0.1, 0.15) is 5.76 Å². The molecule has 2 aromatic rings. The van der Waals surface area contributed by atoms with E-state index in [9.17, 15) is 0 Å². The molecule has 0 bridgehead atoms. The van der Waals surface area contributed by atoms with Crippen molar-refractivity contribution in [1.29, 1.82) is 0 Å². The van der Waals surface area contributed by atoms with Crippen molar-refractivity contribution in [2.75, 3.05) is 44.3 Å². The molecule has 29 heavy (non-hydrogen) atoms. The maximum Gasteiger partial charge on any atom is 0.191 e. The minimum absolute atomic E-state index is 0.441. The van der Waals surface area contributed by atoms with Crippen LogP contribution >= 0.6 is 0 Å². The predicted octanol–water partition coefficient (Wildman–Crippen LogP) is 3.45. The van der Waals surface area contributed by atoms with Crippen LogP contribution in [0.25, 0.3) is 0 Å². The lowest BCUT2D eigenvalue weighted by molar-refractivity contribution is 0.146. The van der Waals surface area contributed by atoms with Crippen LogP contribution in [0.5, 0.6) is 0 Å². The molecule has 1 aromatic carbocycles. The topological polar surface area (TPSA) is 62.0 Å². The van der Waals surface area contributed by atoms with Crippen LogP contribution in [0, 0.1) is 0 Å². The zero-order valence-corrected chi connectivity index (χ0v) is 17.5. The summed E-state index contributed by atoms with van der Waals surface area (Å²) in [7, 11) is 0. The molecule has 0 radical (unpaired) electrons. The third-order valence-electron chi connectivity index (χ3n) is 5.12. The first-order valence-electron chi connectivity index (χ1n) is 10.8. The van der Waals surface area contributed by atoms with Gasteiger partial charge < -0.3 is 24.7 Å². The second-order valence-electron chi connectivity index (χ2n) is 7.28. The third-order valence-corrected chi connectivity index (χ3v) is 5.12. The molecule has 0 atom stereocenters. The highest BCUT2D eigenvalue weighted by Gasteiger charge is 2.20. The lowest BCUT2D eigenvalue weighted by Gasteiger charge is -2.34. The number of nitrogens with one attached hydrogen (secondary N) is 2. The van der Waals surface area contributed by atoms with Crippen molar-refractivity contribution in [2.45, 2.75) is 38.6 Å². The number of nitrogens with zero attached hydrogens (tertiary/aromatic N) is 2. The second kappa shape index (κ2) is 12.2. The van der Waals surface area contributed by atoms with Crippen LogP contribution in [-0.2, 0) is 11.2 Å². The number of hydrogen-bond donors (Lipinski definition) is 2. The molecular weight excluding hydrogens is 364 g/mol. The highest BCUT2D eigenvalue weighted by Crippen LogP contribution is 2.19. The Balaban J connectivity index is 1.46. The molecule has 1 aliphatic heterocycles. The SMILES string of the molecule is CCOCCCN=C(NCCc1ccco1)NC1CCN(c2ccccc2)CC1. The number of guanidine groups is 1. The Kier molecular flexibility index (Phi) is 8.91. The van der Waals surface area contributed by atoms with Crippen molar-refractivity contribution in [3.05, 3.63) is 54.5 Å². The fraction of sp³-hybridized carbons (Fsp3) is 0.522. The molecule has 3 rings (SSSR count). The molecule has 0 spiro atoms. The number of ether oxygens (including phenoxy) is 1. The minimum atomic E-state index is 0.441. The predicted molar refractivity (Wildman–Crippen MR) is 119 cm³/mol. The van der Waals surface area contributed by atoms with Crippen LogP contribution in [0.4, 0.5) is 5.69 Å². The summed E-state index contributed by atoms with van der Waals surface area (Å²) in [5, 5.41) is 7.10. The van der Waals surface area contributed by atoms with Crippen LogP contribution in [0.3, 0.4) is 0 Å². The Morgan fingerprint density at radius 2 is 2.00 bits per heavy atom. The number of piperidine rings is 1. The molecule has 0 amide bonds. The second-order valence-corrected chi connectivity index (χ2v) is 7.28. The number of benzene rings is 1. The molecule has 2 N–H and O–H groups in total. The van der Waals surface area contributed by atoms with Crippen molar-refractivity contribution < 1.29 is 9.15 Å². The summed E-state index contributed by atoms with van der Waals surface area (Å²) in [6, 6.07) is 15.0. The Morgan fingerprint density at radius 1 is 1.17 bits per heavy atom. The monoisotopic (exact) mass is 398 g/mol. The first kappa shape index (κ1) is 21.2. The standard InChI is InChI=1S/C23H34N4O2/c1-2-28-18-7-14-24-23(25-15-11-22-10-6-19-29-22)26-20-12-16-27(17-13-20)21-8-4-3-5-9-21/h3-6,8-10,19-20H,2,7,11-18H2,1H3,(H2,24,25,26). The average molecular weight is 399 g/mol. The zero-order valence-electron chi connectivity index (χ0n) is 17.5. The van der Waals surface area contributed by atoms with Gasteiger partial charge in [-0.25, -0.2) is 0 Å².